The van der Waals surface area contributed by atoms with Crippen LogP contribution in [-0.2, 0) is 10.0 Å². The van der Waals surface area contributed by atoms with E-state index in [0.29, 0.717) is 31.7 Å². The topological polar surface area (TPSA) is 87.9 Å². The van der Waals surface area contributed by atoms with Crippen molar-refractivity contribution in [3.05, 3.63) is 59.5 Å². The Balaban J connectivity index is 1.52. The highest BCUT2D eigenvalue weighted by atomic mass is 32.2. The molecule has 0 atom stereocenters. The van der Waals surface area contributed by atoms with Gasteiger partial charge in [0.25, 0.3) is 5.91 Å². The van der Waals surface area contributed by atoms with Crippen LogP contribution in [-0.4, -0.2) is 64.3 Å². The Morgan fingerprint density at radius 1 is 1.09 bits per heavy atom. The van der Waals surface area contributed by atoms with Crippen molar-refractivity contribution in [1.29, 1.82) is 0 Å². The number of benzene rings is 1. The van der Waals surface area contributed by atoms with E-state index in [2.05, 4.69) is 10.2 Å². The third-order valence-corrected chi connectivity index (χ3v) is 8.32. The molecular formula is C23H29N5O3S. The summed E-state index contributed by atoms with van der Waals surface area (Å²) in [6, 6.07) is 10.7. The van der Waals surface area contributed by atoms with E-state index in [1.807, 2.05) is 54.5 Å². The minimum Gasteiger partial charge on any atom is -0.339 e. The number of aryl methyl sites for hydroxylation is 1. The van der Waals surface area contributed by atoms with E-state index in [-0.39, 0.29) is 16.7 Å². The van der Waals surface area contributed by atoms with Gasteiger partial charge < -0.3 is 4.90 Å². The lowest BCUT2D eigenvalue weighted by molar-refractivity contribution is 0.0710. The number of nitrogens with zero attached hydrogens (tertiary/aromatic N) is 5. The molecule has 170 valence electrons. The molecule has 9 heteroatoms. The summed E-state index contributed by atoms with van der Waals surface area (Å²) in [7, 11) is -3.62. The molecule has 1 aromatic carbocycles. The summed E-state index contributed by atoms with van der Waals surface area (Å²) < 4.78 is 29.3. The zero-order valence-corrected chi connectivity index (χ0v) is 19.5. The Morgan fingerprint density at radius 2 is 1.81 bits per heavy atom. The molecule has 0 unspecified atom stereocenters. The molecule has 4 rings (SSSR count). The molecule has 1 aliphatic heterocycles. The molecule has 0 aliphatic carbocycles. The van der Waals surface area contributed by atoms with E-state index in [1.165, 1.54) is 10.4 Å². The number of piperidine rings is 1. The minimum atomic E-state index is -3.62. The molecule has 1 amide bonds. The average Bonchev–Trinajstić information content (AvgIpc) is 3.24. The molecule has 3 heterocycles. The van der Waals surface area contributed by atoms with E-state index < -0.39 is 10.0 Å². The van der Waals surface area contributed by atoms with E-state index in [1.54, 1.807) is 12.1 Å². The highest BCUT2D eigenvalue weighted by Gasteiger charge is 2.29. The third-order valence-electron chi connectivity index (χ3n) is 6.27. The molecule has 3 aromatic rings. The van der Waals surface area contributed by atoms with Gasteiger partial charge in [-0.2, -0.15) is 4.31 Å². The lowest BCUT2D eigenvalue weighted by Crippen LogP contribution is -2.38. The van der Waals surface area contributed by atoms with Crippen molar-refractivity contribution in [2.75, 3.05) is 26.2 Å². The maximum absolute atomic E-state index is 13.3. The monoisotopic (exact) mass is 455 g/mol. The fraction of sp³-hybridized carbons (Fsp3) is 0.435. The smallest absolute Gasteiger partial charge is 0.254 e. The Bertz CT molecular complexity index is 1230. The van der Waals surface area contributed by atoms with E-state index in [4.69, 9.17) is 0 Å². The van der Waals surface area contributed by atoms with Crippen LogP contribution in [0.5, 0.6) is 0 Å². The fourth-order valence-corrected chi connectivity index (χ4v) is 5.84. The number of sulfonamides is 1. The maximum Gasteiger partial charge on any atom is 0.254 e. The molecule has 0 saturated carbocycles. The van der Waals surface area contributed by atoms with Gasteiger partial charge in [0.2, 0.25) is 10.0 Å². The van der Waals surface area contributed by atoms with Crippen molar-refractivity contribution in [2.45, 2.75) is 44.4 Å². The highest BCUT2D eigenvalue weighted by molar-refractivity contribution is 7.89. The number of rotatable bonds is 6. The van der Waals surface area contributed by atoms with Gasteiger partial charge in [0.15, 0.2) is 5.65 Å². The number of fused-ring (bicyclic) bond motifs is 1. The van der Waals surface area contributed by atoms with Crippen LogP contribution in [0.2, 0.25) is 0 Å². The first-order valence-electron chi connectivity index (χ1n) is 11.1. The average molecular weight is 456 g/mol. The largest absolute Gasteiger partial charge is 0.339 e. The van der Waals surface area contributed by atoms with Crippen LogP contribution in [0.1, 0.15) is 54.4 Å². The first kappa shape index (κ1) is 22.4. The Labute approximate surface area is 188 Å². The number of hydrogen-bond donors (Lipinski definition) is 0. The highest BCUT2D eigenvalue weighted by Crippen LogP contribution is 2.29. The fourth-order valence-electron chi connectivity index (χ4n) is 4.35. The Hall–Kier alpha value is -2.78. The predicted octanol–water partition coefficient (Wildman–Crippen LogP) is 3.09. The van der Waals surface area contributed by atoms with Crippen molar-refractivity contribution < 1.29 is 13.2 Å². The van der Waals surface area contributed by atoms with Crippen LogP contribution in [0.3, 0.4) is 0 Å². The standard InChI is InChI=1S/C23H29N5O3S/c1-4-27(5-2)32(30,31)19-10-9-17(3)20(16-19)23(29)26-14-11-18(12-15-26)22-25-24-21-8-6-7-13-28(21)22/h6-10,13,16,18H,4-5,11-12,14-15H2,1-3H3. The summed E-state index contributed by atoms with van der Waals surface area (Å²) in [4.78, 5) is 15.3. The number of aromatic nitrogens is 3. The number of amides is 1. The molecule has 1 aliphatic rings. The lowest BCUT2D eigenvalue weighted by atomic mass is 9.95. The molecule has 0 bridgehead atoms. The van der Waals surface area contributed by atoms with E-state index in [0.717, 1.165) is 29.9 Å². The quantitative estimate of drug-likeness (QED) is 0.570. The zero-order valence-electron chi connectivity index (χ0n) is 18.7. The molecular weight excluding hydrogens is 426 g/mol. The molecule has 0 spiro atoms. The number of likely N-dealkylation sites (tertiary alicyclic amines) is 1. The van der Waals surface area contributed by atoms with Crippen molar-refractivity contribution in [3.63, 3.8) is 0 Å². The van der Waals surface area contributed by atoms with Crippen LogP contribution in [0.4, 0.5) is 0 Å². The van der Waals surface area contributed by atoms with Gasteiger partial charge in [-0.05, 0) is 49.6 Å². The lowest BCUT2D eigenvalue weighted by Gasteiger charge is -2.31. The predicted molar refractivity (Wildman–Crippen MR) is 122 cm³/mol. The molecule has 1 saturated heterocycles. The van der Waals surface area contributed by atoms with Gasteiger partial charge in [-0.25, -0.2) is 8.42 Å². The molecule has 1 fully saturated rings. The second-order valence-electron chi connectivity index (χ2n) is 8.12. The number of carbonyl (C=O) groups is 1. The number of hydrogen-bond acceptors (Lipinski definition) is 5. The molecule has 0 radical (unpaired) electrons. The van der Waals surface area contributed by atoms with Gasteiger partial charge in [0, 0.05) is 43.9 Å². The molecule has 0 N–H and O–H groups in total. The minimum absolute atomic E-state index is 0.122. The van der Waals surface area contributed by atoms with Crippen LogP contribution < -0.4 is 0 Å². The summed E-state index contributed by atoms with van der Waals surface area (Å²) >= 11 is 0. The van der Waals surface area contributed by atoms with Crippen LogP contribution in [0.25, 0.3) is 5.65 Å². The van der Waals surface area contributed by atoms with Gasteiger partial charge in [-0.1, -0.05) is 26.0 Å². The summed E-state index contributed by atoms with van der Waals surface area (Å²) in [6.45, 7) is 7.43. The first-order valence-corrected chi connectivity index (χ1v) is 12.5. The third kappa shape index (κ3) is 4.02. The van der Waals surface area contributed by atoms with Gasteiger partial charge in [0.05, 0.1) is 4.90 Å². The first-order chi connectivity index (χ1) is 15.4. The second-order valence-corrected chi connectivity index (χ2v) is 10.1. The maximum atomic E-state index is 13.3. The van der Waals surface area contributed by atoms with Crippen molar-refractivity contribution in [2.24, 2.45) is 0 Å². The number of carbonyl (C=O) groups excluding carboxylic acids is 1. The summed E-state index contributed by atoms with van der Waals surface area (Å²) in [5, 5.41) is 8.61. The van der Waals surface area contributed by atoms with Gasteiger partial charge in [0.1, 0.15) is 5.82 Å². The van der Waals surface area contributed by atoms with E-state index in [9.17, 15) is 13.2 Å². The van der Waals surface area contributed by atoms with Crippen molar-refractivity contribution in [3.8, 4) is 0 Å². The van der Waals surface area contributed by atoms with Crippen LogP contribution >= 0.6 is 0 Å². The van der Waals surface area contributed by atoms with Gasteiger partial charge in [-0.15, -0.1) is 10.2 Å². The molecule has 2 aromatic heterocycles. The van der Waals surface area contributed by atoms with Gasteiger partial charge in [-0.3, -0.25) is 9.20 Å². The van der Waals surface area contributed by atoms with Crippen molar-refractivity contribution >= 4 is 21.6 Å². The second kappa shape index (κ2) is 8.99. The summed E-state index contributed by atoms with van der Waals surface area (Å²) in [5.41, 5.74) is 2.05. The Kier molecular flexibility index (Phi) is 6.30. The van der Waals surface area contributed by atoms with Gasteiger partial charge >= 0.3 is 0 Å². The van der Waals surface area contributed by atoms with Crippen molar-refractivity contribution in [1.82, 2.24) is 23.8 Å². The van der Waals surface area contributed by atoms with Crippen LogP contribution in [0.15, 0.2) is 47.5 Å². The molecule has 8 nitrogen and oxygen atoms in total. The number of pyridine rings is 1. The summed E-state index contributed by atoms with van der Waals surface area (Å²) in [5.74, 6) is 1.03. The SMILES string of the molecule is CCN(CC)S(=O)(=O)c1ccc(C)c(C(=O)N2CCC(c3nnc4ccccn34)CC2)c1. The normalized spacial score (nSPS) is 15.6. The van der Waals surface area contributed by atoms with E-state index >= 15 is 0 Å². The molecule has 32 heavy (non-hydrogen) atoms. The zero-order chi connectivity index (χ0) is 22.9. The van der Waals surface area contributed by atoms with Crippen LogP contribution in [0, 0.1) is 6.92 Å². The summed E-state index contributed by atoms with van der Waals surface area (Å²) in [6.07, 6.45) is 3.54. The Morgan fingerprint density at radius 3 is 2.50 bits per heavy atom.